The van der Waals surface area contributed by atoms with Crippen LogP contribution in [0.15, 0.2) is 0 Å². The highest BCUT2D eigenvalue weighted by Gasteiger charge is 2.25. The molecule has 1 rings (SSSR count). The number of aromatic nitrogens is 1. The highest BCUT2D eigenvalue weighted by Crippen LogP contribution is 2.30. The van der Waals surface area contributed by atoms with Crippen molar-refractivity contribution < 1.29 is 4.79 Å². The Morgan fingerprint density at radius 2 is 2.07 bits per heavy atom. The smallest absolute Gasteiger partial charge is 0.264 e. The lowest BCUT2D eigenvalue weighted by atomic mass is 9.91. The van der Waals surface area contributed by atoms with Gasteiger partial charge in [0.05, 0.1) is 10.7 Å². The molecule has 0 unspecified atom stereocenters. The summed E-state index contributed by atoms with van der Waals surface area (Å²) in [6, 6.07) is 0. The Bertz CT molecular complexity index is 351. The maximum Gasteiger partial charge on any atom is 0.264 e. The molecule has 78 valence electrons. The molecule has 0 saturated heterocycles. The van der Waals surface area contributed by atoms with Crippen molar-refractivity contribution in [1.29, 1.82) is 0 Å². The van der Waals surface area contributed by atoms with E-state index in [9.17, 15) is 4.79 Å². The summed E-state index contributed by atoms with van der Waals surface area (Å²) in [6.07, 6.45) is 0.845. The molecular formula is C10H14ClNOS. The molecule has 0 N–H and O–H groups in total. The molecule has 0 spiro atoms. The van der Waals surface area contributed by atoms with Gasteiger partial charge in [-0.1, -0.05) is 27.7 Å². The van der Waals surface area contributed by atoms with Gasteiger partial charge in [0, 0.05) is 5.41 Å². The number of hydrogen-bond donors (Lipinski definition) is 0. The minimum Gasteiger partial charge on any atom is -0.275 e. The van der Waals surface area contributed by atoms with Crippen molar-refractivity contribution in [2.75, 3.05) is 0 Å². The van der Waals surface area contributed by atoms with Crippen molar-refractivity contribution >= 4 is 28.2 Å². The highest BCUT2D eigenvalue weighted by atomic mass is 35.5. The summed E-state index contributed by atoms with van der Waals surface area (Å²) < 4.78 is 0. The standard InChI is InChI=1S/C10H14ClNOS/c1-5-6-12-8(10(2,3)4)7(14-6)9(11)13/h5H2,1-4H3. The third-order valence-corrected chi connectivity index (χ3v) is 3.36. The zero-order valence-electron chi connectivity index (χ0n) is 8.85. The van der Waals surface area contributed by atoms with Crippen LogP contribution in [0.5, 0.6) is 0 Å². The fourth-order valence-corrected chi connectivity index (χ4v) is 2.41. The highest BCUT2D eigenvalue weighted by molar-refractivity contribution is 7.15. The van der Waals surface area contributed by atoms with Gasteiger partial charge >= 0.3 is 0 Å². The van der Waals surface area contributed by atoms with Crippen LogP contribution in [-0.2, 0) is 11.8 Å². The van der Waals surface area contributed by atoms with Crippen molar-refractivity contribution in [2.45, 2.75) is 39.5 Å². The average molecular weight is 232 g/mol. The summed E-state index contributed by atoms with van der Waals surface area (Å²) in [6.45, 7) is 8.12. The summed E-state index contributed by atoms with van der Waals surface area (Å²) in [5.41, 5.74) is 0.698. The van der Waals surface area contributed by atoms with Gasteiger partial charge in [-0.2, -0.15) is 0 Å². The molecule has 0 bridgehead atoms. The molecule has 0 atom stereocenters. The first-order chi connectivity index (χ1) is 6.36. The third kappa shape index (κ3) is 2.34. The van der Waals surface area contributed by atoms with E-state index in [-0.39, 0.29) is 5.41 Å². The molecule has 0 radical (unpaired) electrons. The zero-order chi connectivity index (χ0) is 10.9. The second kappa shape index (κ2) is 3.99. The Hall–Kier alpha value is -0.410. The molecule has 0 aromatic carbocycles. The Balaban J connectivity index is 3.26. The second-order valence-corrected chi connectivity index (χ2v) is 5.59. The summed E-state index contributed by atoms with van der Waals surface area (Å²) in [7, 11) is 0. The van der Waals surface area contributed by atoms with E-state index in [1.54, 1.807) is 0 Å². The fourth-order valence-electron chi connectivity index (χ4n) is 1.16. The monoisotopic (exact) mass is 231 g/mol. The third-order valence-electron chi connectivity index (χ3n) is 1.86. The molecule has 1 heterocycles. The first-order valence-electron chi connectivity index (χ1n) is 4.56. The van der Waals surface area contributed by atoms with Crippen LogP contribution >= 0.6 is 22.9 Å². The quantitative estimate of drug-likeness (QED) is 0.731. The molecule has 0 aliphatic rings. The molecule has 1 aromatic heterocycles. The Kier molecular flexibility index (Phi) is 3.32. The van der Waals surface area contributed by atoms with E-state index in [2.05, 4.69) is 4.98 Å². The van der Waals surface area contributed by atoms with Crippen LogP contribution in [0, 0.1) is 0 Å². The molecule has 0 amide bonds. The number of carbonyl (C=O) groups excluding carboxylic acids is 1. The van der Waals surface area contributed by atoms with Gasteiger partial charge in [0.1, 0.15) is 4.88 Å². The number of nitrogens with zero attached hydrogens (tertiary/aromatic N) is 1. The largest absolute Gasteiger partial charge is 0.275 e. The minimum atomic E-state index is -0.396. The molecule has 14 heavy (non-hydrogen) atoms. The fraction of sp³-hybridized carbons (Fsp3) is 0.600. The number of halogens is 1. The van der Waals surface area contributed by atoms with Gasteiger partial charge in [0.2, 0.25) is 0 Å². The van der Waals surface area contributed by atoms with E-state index in [1.165, 1.54) is 11.3 Å². The van der Waals surface area contributed by atoms with E-state index in [4.69, 9.17) is 11.6 Å². The van der Waals surface area contributed by atoms with Gasteiger partial charge in [-0.3, -0.25) is 4.79 Å². The minimum absolute atomic E-state index is 0.121. The number of hydrogen-bond acceptors (Lipinski definition) is 3. The number of rotatable bonds is 2. The van der Waals surface area contributed by atoms with Crippen molar-refractivity contribution in [1.82, 2.24) is 4.98 Å². The maximum absolute atomic E-state index is 11.2. The lowest BCUT2D eigenvalue weighted by Crippen LogP contribution is -2.15. The number of thiazole rings is 1. The van der Waals surface area contributed by atoms with Crippen molar-refractivity contribution in [2.24, 2.45) is 0 Å². The van der Waals surface area contributed by atoms with E-state index >= 15 is 0 Å². The maximum atomic E-state index is 11.2. The SMILES string of the molecule is CCc1nc(C(C)(C)C)c(C(=O)Cl)s1. The molecule has 2 nitrogen and oxygen atoms in total. The van der Waals surface area contributed by atoms with Crippen LogP contribution in [0.3, 0.4) is 0 Å². The summed E-state index contributed by atoms with van der Waals surface area (Å²) in [5, 5.41) is 0.575. The second-order valence-electron chi connectivity index (χ2n) is 4.16. The summed E-state index contributed by atoms with van der Waals surface area (Å²) >= 11 is 6.92. The first kappa shape index (κ1) is 11.7. The van der Waals surface area contributed by atoms with Crippen LogP contribution in [0.2, 0.25) is 0 Å². The van der Waals surface area contributed by atoms with Crippen molar-refractivity contribution in [3.63, 3.8) is 0 Å². The average Bonchev–Trinajstić information content (AvgIpc) is 2.46. The molecule has 0 aliphatic carbocycles. The number of aryl methyl sites for hydroxylation is 1. The van der Waals surface area contributed by atoms with Gasteiger partial charge in [0.25, 0.3) is 5.24 Å². The Morgan fingerprint density at radius 1 is 1.50 bits per heavy atom. The van der Waals surface area contributed by atoms with Crippen LogP contribution in [0.1, 0.15) is 48.1 Å². The van der Waals surface area contributed by atoms with Crippen LogP contribution < -0.4 is 0 Å². The zero-order valence-corrected chi connectivity index (χ0v) is 10.4. The number of carbonyl (C=O) groups is 1. The van der Waals surface area contributed by atoms with Crippen LogP contribution in [-0.4, -0.2) is 10.2 Å². The molecule has 0 fully saturated rings. The molecule has 0 saturated carbocycles. The lowest BCUT2D eigenvalue weighted by Gasteiger charge is -2.16. The summed E-state index contributed by atoms with van der Waals surface area (Å²) in [4.78, 5) is 16.2. The van der Waals surface area contributed by atoms with Gasteiger partial charge < -0.3 is 0 Å². The lowest BCUT2D eigenvalue weighted by molar-refractivity contribution is 0.108. The Morgan fingerprint density at radius 3 is 2.36 bits per heavy atom. The van der Waals surface area contributed by atoms with Gasteiger partial charge in [-0.25, -0.2) is 4.98 Å². The van der Waals surface area contributed by atoms with Gasteiger partial charge in [-0.05, 0) is 18.0 Å². The predicted octanol–water partition coefficient (Wildman–Crippen LogP) is 3.38. The van der Waals surface area contributed by atoms with E-state index in [0.29, 0.717) is 4.88 Å². The van der Waals surface area contributed by atoms with Crippen molar-refractivity contribution in [3.05, 3.63) is 15.6 Å². The first-order valence-corrected chi connectivity index (χ1v) is 5.75. The molecule has 0 aliphatic heterocycles. The van der Waals surface area contributed by atoms with Crippen LogP contribution in [0.25, 0.3) is 0 Å². The molecule has 1 aromatic rings. The van der Waals surface area contributed by atoms with Gasteiger partial charge in [-0.15, -0.1) is 11.3 Å². The van der Waals surface area contributed by atoms with E-state index in [0.717, 1.165) is 17.1 Å². The van der Waals surface area contributed by atoms with Gasteiger partial charge in [0.15, 0.2) is 0 Å². The van der Waals surface area contributed by atoms with E-state index in [1.807, 2.05) is 27.7 Å². The van der Waals surface area contributed by atoms with E-state index < -0.39 is 5.24 Å². The van der Waals surface area contributed by atoms with Crippen molar-refractivity contribution in [3.8, 4) is 0 Å². The van der Waals surface area contributed by atoms with Crippen LogP contribution in [0.4, 0.5) is 0 Å². The normalized spacial score (nSPS) is 11.8. The predicted molar refractivity (Wildman–Crippen MR) is 60.4 cm³/mol. The summed E-state index contributed by atoms with van der Waals surface area (Å²) in [5.74, 6) is 0. The topological polar surface area (TPSA) is 30.0 Å². The Labute approximate surface area is 93.3 Å². The molecular weight excluding hydrogens is 218 g/mol. The molecule has 4 heteroatoms.